The van der Waals surface area contributed by atoms with Gasteiger partial charge in [0.1, 0.15) is 0 Å². The van der Waals surface area contributed by atoms with Gasteiger partial charge in [-0.25, -0.2) is 0 Å². The van der Waals surface area contributed by atoms with Crippen LogP contribution in [0.2, 0.25) is 5.02 Å². The van der Waals surface area contributed by atoms with Crippen LogP contribution in [0, 0.1) is 6.92 Å². The van der Waals surface area contributed by atoms with Crippen molar-refractivity contribution in [2.24, 2.45) is 7.05 Å². The summed E-state index contributed by atoms with van der Waals surface area (Å²) in [5.74, 6) is -0.280. The molecule has 2 aromatic rings. The minimum absolute atomic E-state index is 0.154. The molecule has 108 valence electrons. The van der Waals surface area contributed by atoms with Gasteiger partial charge in [-0.1, -0.05) is 11.6 Å². The Morgan fingerprint density at radius 1 is 1.45 bits per heavy atom. The van der Waals surface area contributed by atoms with Crippen LogP contribution in [0.1, 0.15) is 41.6 Å². The summed E-state index contributed by atoms with van der Waals surface area (Å²) in [6.45, 7) is 6.43. The third kappa shape index (κ3) is 2.85. The first-order valence-electron chi connectivity index (χ1n) is 6.46. The minimum Gasteiger partial charge on any atom is -0.344 e. The Hall–Kier alpha value is -1.82. The number of carbonyl (C=O) groups excluding carboxylic acids is 1. The molecule has 2 aromatic heterocycles. The molecule has 7 heteroatoms. The number of aromatic nitrogens is 4. The number of rotatable bonds is 4. The van der Waals surface area contributed by atoms with Crippen molar-refractivity contribution in [1.82, 2.24) is 24.9 Å². The number of nitrogens with zero attached hydrogens (tertiary/aromatic N) is 4. The Morgan fingerprint density at radius 3 is 2.65 bits per heavy atom. The Kier molecular flexibility index (Phi) is 4.13. The van der Waals surface area contributed by atoms with Crippen LogP contribution in [-0.2, 0) is 13.6 Å². The van der Waals surface area contributed by atoms with E-state index in [1.807, 2.05) is 34.0 Å². The molecular weight excluding hydrogens is 278 g/mol. The lowest BCUT2D eigenvalue weighted by Gasteiger charge is -2.12. The first-order chi connectivity index (χ1) is 9.42. The van der Waals surface area contributed by atoms with Gasteiger partial charge in [0.15, 0.2) is 5.69 Å². The third-order valence-electron chi connectivity index (χ3n) is 3.12. The second-order valence-electron chi connectivity index (χ2n) is 4.72. The molecule has 1 amide bonds. The van der Waals surface area contributed by atoms with Crippen LogP contribution in [0.4, 0.5) is 0 Å². The maximum atomic E-state index is 12.2. The monoisotopic (exact) mass is 295 g/mol. The van der Waals surface area contributed by atoms with Crippen molar-refractivity contribution in [3.63, 3.8) is 0 Å². The molecule has 0 aliphatic heterocycles. The van der Waals surface area contributed by atoms with Crippen LogP contribution < -0.4 is 5.32 Å². The number of carbonyl (C=O) groups is 1. The number of nitrogens with one attached hydrogen (secondary N) is 1. The van der Waals surface area contributed by atoms with Crippen molar-refractivity contribution < 1.29 is 4.79 Å². The zero-order valence-electron chi connectivity index (χ0n) is 12.0. The second-order valence-corrected chi connectivity index (χ2v) is 5.13. The number of hydrogen-bond acceptors (Lipinski definition) is 3. The molecule has 1 unspecified atom stereocenters. The molecule has 1 atom stereocenters. The van der Waals surface area contributed by atoms with Crippen LogP contribution in [-0.4, -0.2) is 25.5 Å². The van der Waals surface area contributed by atoms with Gasteiger partial charge < -0.3 is 5.32 Å². The lowest BCUT2D eigenvalue weighted by atomic mass is 10.1. The molecule has 0 aliphatic rings. The molecule has 0 radical (unpaired) electrons. The number of halogens is 1. The van der Waals surface area contributed by atoms with E-state index in [1.165, 1.54) is 0 Å². The normalized spacial score (nSPS) is 12.4. The maximum absolute atomic E-state index is 12.2. The molecule has 0 fully saturated rings. The van der Waals surface area contributed by atoms with E-state index >= 15 is 0 Å². The predicted molar refractivity (Wildman–Crippen MR) is 76.7 cm³/mol. The summed E-state index contributed by atoms with van der Waals surface area (Å²) in [7, 11) is 1.85. The fourth-order valence-electron chi connectivity index (χ4n) is 2.10. The van der Waals surface area contributed by atoms with Gasteiger partial charge in [-0.15, -0.1) is 0 Å². The topological polar surface area (TPSA) is 64.7 Å². The molecule has 0 saturated carbocycles. The summed E-state index contributed by atoms with van der Waals surface area (Å²) in [5.41, 5.74) is 2.12. The highest BCUT2D eigenvalue weighted by Gasteiger charge is 2.19. The first kappa shape index (κ1) is 14.6. The highest BCUT2D eigenvalue weighted by molar-refractivity contribution is 6.33. The maximum Gasteiger partial charge on any atom is 0.273 e. The van der Waals surface area contributed by atoms with E-state index in [9.17, 15) is 4.79 Å². The van der Waals surface area contributed by atoms with E-state index in [0.717, 1.165) is 11.3 Å². The van der Waals surface area contributed by atoms with E-state index in [2.05, 4.69) is 15.5 Å². The first-order valence-corrected chi connectivity index (χ1v) is 6.84. The highest BCUT2D eigenvalue weighted by Crippen LogP contribution is 2.18. The van der Waals surface area contributed by atoms with E-state index in [4.69, 9.17) is 11.6 Å². The third-order valence-corrected chi connectivity index (χ3v) is 3.40. The van der Waals surface area contributed by atoms with Gasteiger partial charge in [0.05, 0.1) is 16.8 Å². The lowest BCUT2D eigenvalue weighted by molar-refractivity contribution is 0.0934. The molecule has 2 heterocycles. The predicted octanol–water partition coefficient (Wildman–Crippen LogP) is 2.09. The van der Waals surface area contributed by atoms with E-state index in [1.54, 1.807) is 15.6 Å². The zero-order valence-corrected chi connectivity index (χ0v) is 12.8. The smallest absolute Gasteiger partial charge is 0.273 e. The average molecular weight is 296 g/mol. The lowest BCUT2D eigenvalue weighted by Crippen LogP contribution is -2.27. The van der Waals surface area contributed by atoms with Gasteiger partial charge in [-0.05, 0) is 20.8 Å². The van der Waals surface area contributed by atoms with E-state index < -0.39 is 0 Å². The standard InChI is InChI=1S/C13H18ClN5O/c1-5-19-7-11(14)12(17-19)13(20)15-8(2)10-6-18(4)16-9(10)3/h6-8H,5H2,1-4H3,(H,15,20). The van der Waals surface area contributed by atoms with Gasteiger partial charge in [0.2, 0.25) is 0 Å². The summed E-state index contributed by atoms with van der Waals surface area (Å²) < 4.78 is 3.36. The Morgan fingerprint density at radius 2 is 2.15 bits per heavy atom. The van der Waals surface area contributed by atoms with Crippen LogP contribution in [0.3, 0.4) is 0 Å². The molecule has 0 saturated heterocycles. The fraction of sp³-hybridized carbons (Fsp3) is 0.462. The molecule has 0 bridgehead atoms. The van der Waals surface area contributed by atoms with E-state index in [0.29, 0.717) is 11.6 Å². The van der Waals surface area contributed by atoms with Crippen molar-refractivity contribution in [3.05, 3.63) is 34.4 Å². The Labute approximate surface area is 122 Å². The highest BCUT2D eigenvalue weighted by atomic mass is 35.5. The quantitative estimate of drug-likeness (QED) is 0.939. The number of amides is 1. The minimum atomic E-state index is -0.280. The summed E-state index contributed by atoms with van der Waals surface area (Å²) in [4.78, 5) is 12.2. The van der Waals surface area contributed by atoms with Gasteiger partial charge >= 0.3 is 0 Å². The van der Waals surface area contributed by atoms with Crippen LogP contribution in [0.15, 0.2) is 12.4 Å². The molecular formula is C13H18ClN5O. The summed E-state index contributed by atoms with van der Waals surface area (Å²) in [6.07, 6.45) is 3.54. The summed E-state index contributed by atoms with van der Waals surface area (Å²) in [5, 5.41) is 11.7. The molecule has 0 spiro atoms. The fourth-order valence-corrected chi connectivity index (χ4v) is 2.33. The van der Waals surface area contributed by atoms with Crippen molar-refractivity contribution in [2.75, 3.05) is 0 Å². The second kappa shape index (κ2) is 5.66. The van der Waals surface area contributed by atoms with Gasteiger partial charge in [-0.2, -0.15) is 10.2 Å². The Bertz CT molecular complexity index is 631. The van der Waals surface area contributed by atoms with Crippen molar-refractivity contribution in [3.8, 4) is 0 Å². The van der Waals surface area contributed by atoms with Gasteiger partial charge in [0.25, 0.3) is 5.91 Å². The van der Waals surface area contributed by atoms with Gasteiger partial charge in [-0.3, -0.25) is 14.2 Å². The van der Waals surface area contributed by atoms with Crippen molar-refractivity contribution in [1.29, 1.82) is 0 Å². The van der Waals surface area contributed by atoms with Crippen LogP contribution in [0.25, 0.3) is 0 Å². The molecule has 20 heavy (non-hydrogen) atoms. The summed E-state index contributed by atoms with van der Waals surface area (Å²) in [6, 6.07) is -0.154. The molecule has 0 aliphatic carbocycles. The van der Waals surface area contributed by atoms with E-state index in [-0.39, 0.29) is 17.6 Å². The SMILES string of the molecule is CCn1cc(Cl)c(C(=O)NC(C)c2cn(C)nc2C)n1. The number of hydrogen-bond donors (Lipinski definition) is 1. The zero-order chi connectivity index (χ0) is 14.9. The average Bonchev–Trinajstić information content (AvgIpc) is 2.91. The Balaban J connectivity index is 2.14. The molecule has 0 aromatic carbocycles. The largest absolute Gasteiger partial charge is 0.344 e. The summed E-state index contributed by atoms with van der Waals surface area (Å²) >= 11 is 6.02. The molecule has 2 rings (SSSR count). The number of aryl methyl sites for hydroxylation is 3. The van der Waals surface area contributed by atoms with Crippen molar-refractivity contribution >= 4 is 17.5 Å². The van der Waals surface area contributed by atoms with Crippen molar-refractivity contribution in [2.45, 2.75) is 33.4 Å². The molecule has 6 nitrogen and oxygen atoms in total. The molecule has 1 N–H and O–H groups in total. The van der Waals surface area contributed by atoms with Crippen LogP contribution in [0.5, 0.6) is 0 Å². The van der Waals surface area contributed by atoms with Crippen LogP contribution >= 0.6 is 11.6 Å². The van der Waals surface area contributed by atoms with Gasteiger partial charge in [0, 0.05) is 31.5 Å².